The van der Waals surface area contributed by atoms with Crippen molar-refractivity contribution >= 4 is 12.1 Å². The molecule has 1 fully saturated rings. The standard InChI is InChI=1S/C21H24N2O8/c24-11-16-18(26)19(27)20(28)21(31-16)30-15-8-6-13(7-9-15)10-22-23-17(25)12-29-14-4-2-1-3-5-14/h1-10,16,18-21,24,26-28H,11-12H2,(H,23,25)/b22-10-/t16-,18+,19+,20+,21-/m0/s1. The molecule has 0 bridgehead atoms. The van der Waals surface area contributed by atoms with Gasteiger partial charge in [0.15, 0.2) is 6.61 Å². The maximum absolute atomic E-state index is 11.8. The van der Waals surface area contributed by atoms with Gasteiger partial charge < -0.3 is 34.6 Å². The van der Waals surface area contributed by atoms with Crippen LogP contribution in [0.5, 0.6) is 11.5 Å². The molecule has 0 spiro atoms. The zero-order valence-corrected chi connectivity index (χ0v) is 16.4. The highest BCUT2D eigenvalue weighted by Crippen LogP contribution is 2.24. The quantitative estimate of drug-likeness (QED) is 0.274. The van der Waals surface area contributed by atoms with Crippen LogP contribution in [0.2, 0.25) is 0 Å². The first-order valence-electron chi connectivity index (χ1n) is 9.55. The number of nitrogens with zero attached hydrogens (tertiary/aromatic N) is 1. The molecule has 0 radical (unpaired) electrons. The number of nitrogens with one attached hydrogen (secondary N) is 1. The first-order valence-corrected chi connectivity index (χ1v) is 9.55. The van der Waals surface area contributed by atoms with Crippen molar-refractivity contribution in [1.82, 2.24) is 5.43 Å². The number of carbonyl (C=O) groups excluding carboxylic acids is 1. The SMILES string of the molecule is O=C(COc1ccccc1)N/N=C\c1ccc(O[C@H]2O[C@@H](CO)[C@@H](O)[C@@H](O)[C@H]2O)cc1. The summed E-state index contributed by atoms with van der Waals surface area (Å²) in [6.45, 7) is -0.713. The van der Waals surface area contributed by atoms with E-state index >= 15 is 0 Å². The molecule has 0 unspecified atom stereocenters. The van der Waals surface area contributed by atoms with E-state index in [0.29, 0.717) is 17.1 Å². The van der Waals surface area contributed by atoms with E-state index in [0.717, 1.165) is 0 Å². The summed E-state index contributed by atoms with van der Waals surface area (Å²) in [5.41, 5.74) is 3.01. The normalized spacial score (nSPS) is 25.9. The number of aliphatic hydroxyl groups is 4. The number of ether oxygens (including phenoxy) is 3. The van der Waals surface area contributed by atoms with Crippen LogP contribution in [0.4, 0.5) is 0 Å². The maximum atomic E-state index is 11.8. The minimum Gasteiger partial charge on any atom is -0.484 e. The fourth-order valence-corrected chi connectivity index (χ4v) is 2.81. The Kier molecular flexibility index (Phi) is 7.93. The van der Waals surface area contributed by atoms with Crippen LogP contribution in [0, 0.1) is 0 Å². The number of aliphatic hydroxyl groups excluding tert-OH is 4. The average molecular weight is 432 g/mol. The summed E-state index contributed by atoms with van der Waals surface area (Å²) in [6.07, 6.45) is -5.35. The molecule has 1 amide bonds. The summed E-state index contributed by atoms with van der Waals surface area (Å²) in [5, 5.41) is 42.7. The Bertz CT molecular complexity index is 859. The van der Waals surface area contributed by atoms with E-state index in [9.17, 15) is 25.2 Å². The monoisotopic (exact) mass is 432 g/mol. The molecule has 2 aromatic rings. The first kappa shape index (κ1) is 22.7. The van der Waals surface area contributed by atoms with Gasteiger partial charge in [-0.05, 0) is 42.0 Å². The highest BCUT2D eigenvalue weighted by atomic mass is 16.7. The third-order valence-corrected chi connectivity index (χ3v) is 4.50. The van der Waals surface area contributed by atoms with Gasteiger partial charge in [0.05, 0.1) is 12.8 Å². The Hall–Kier alpha value is -3.02. The molecule has 10 nitrogen and oxygen atoms in total. The molecule has 0 saturated carbocycles. The Morgan fingerprint density at radius 1 is 1.00 bits per heavy atom. The van der Waals surface area contributed by atoms with Crippen molar-refractivity contribution in [3.05, 3.63) is 60.2 Å². The summed E-state index contributed by atoms with van der Waals surface area (Å²) >= 11 is 0. The number of hydrogen-bond acceptors (Lipinski definition) is 9. The van der Waals surface area contributed by atoms with E-state index in [-0.39, 0.29) is 6.61 Å². The first-order chi connectivity index (χ1) is 15.0. The van der Waals surface area contributed by atoms with Crippen molar-refractivity contribution in [3.8, 4) is 11.5 Å². The lowest BCUT2D eigenvalue weighted by molar-refractivity contribution is -0.277. The summed E-state index contributed by atoms with van der Waals surface area (Å²) in [7, 11) is 0. The number of benzene rings is 2. The van der Waals surface area contributed by atoms with Crippen molar-refractivity contribution < 1.29 is 39.4 Å². The predicted octanol–water partition coefficient (Wildman–Crippen LogP) is -0.606. The number of hydrazone groups is 1. The molecule has 31 heavy (non-hydrogen) atoms. The van der Waals surface area contributed by atoms with Gasteiger partial charge in [0.2, 0.25) is 6.29 Å². The fourth-order valence-electron chi connectivity index (χ4n) is 2.81. The zero-order chi connectivity index (χ0) is 22.2. The van der Waals surface area contributed by atoms with E-state index in [1.54, 1.807) is 48.5 Å². The van der Waals surface area contributed by atoms with Crippen molar-refractivity contribution in [2.75, 3.05) is 13.2 Å². The third kappa shape index (κ3) is 6.23. The van der Waals surface area contributed by atoms with E-state index in [2.05, 4.69) is 10.5 Å². The molecule has 0 aliphatic carbocycles. The van der Waals surface area contributed by atoms with Crippen LogP contribution in [0.3, 0.4) is 0 Å². The van der Waals surface area contributed by atoms with Crippen molar-refractivity contribution in [2.45, 2.75) is 30.7 Å². The molecule has 3 rings (SSSR count). The van der Waals surface area contributed by atoms with Gasteiger partial charge in [-0.25, -0.2) is 5.43 Å². The minimum absolute atomic E-state index is 0.173. The summed E-state index contributed by atoms with van der Waals surface area (Å²) < 4.78 is 16.1. The van der Waals surface area contributed by atoms with Gasteiger partial charge in [-0.3, -0.25) is 4.79 Å². The Balaban J connectivity index is 1.48. The van der Waals surface area contributed by atoms with E-state index in [1.807, 2.05) is 6.07 Å². The van der Waals surface area contributed by atoms with Gasteiger partial charge in [-0.2, -0.15) is 5.10 Å². The Morgan fingerprint density at radius 2 is 1.71 bits per heavy atom. The van der Waals surface area contributed by atoms with E-state index < -0.39 is 43.2 Å². The Labute approximate surface area is 178 Å². The second-order valence-corrected chi connectivity index (χ2v) is 6.78. The van der Waals surface area contributed by atoms with Gasteiger partial charge >= 0.3 is 0 Å². The topological polar surface area (TPSA) is 150 Å². The summed E-state index contributed by atoms with van der Waals surface area (Å²) in [4.78, 5) is 11.8. The van der Waals surface area contributed by atoms with Crippen LogP contribution in [-0.2, 0) is 9.53 Å². The summed E-state index contributed by atoms with van der Waals surface area (Å²) in [5.74, 6) is 0.487. The van der Waals surface area contributed by atoms with Crippen LogP contribution in [0.15, 0.2) is 59.7 Å². The Morgan fingerprint density at radius 3 is 2.39 bits per heavy atom. The average Bonchev–Trinajstić information content (AvgIpc) is 2.80. The number of para-hydroxylation sites is 1. The van der Waals surface area contributed by atoms with Crippen molar-refractivity contribution in [3.63, 3.8) is 0 Å². The second-order valence-electron chi connectivity index (χ2n) is 6.78. The number of carbonyl (C=O) groups is 1. The van der Waals surface area contributed by atoms with Crippen LogP contribution in [0.25, 0.3) is 0 Å². The zero-order valence-electron chi connectivity index (χ0n) is 16.4. The molecular formula is C21H24N2O8. The molecule has 10 heteroatoms. The van der Waals surface area contributed by atoms with Gasteiger partial charge in [-0.1, -0.05) is 18.2 Å². The van der Waals surface area contributed by atoms with Crippen LogP contribution >= 0.6 is 0 Å². The molecular weight excluding hydrogens is 408 g/mol. The fraction of sp³-hybridized carbons (Fsp3) is 0.333. The van der Waals surface area contributed by atoms with Crippen LogP contribution in [0.1, 0.15) is 5.56 Å². The molecule has 5 atom stereocenters. The highest BCUT2D eigenvalue weighted by molar-refractivity contribution is 5.83. The van der Waals surface area contributed by atoms with Crippen LogP contribution in [-0.4, -0.2) is 76.5 Å². The molecule has 1 aliphatic heterocycles. The molecule has 1 heterocycles. The molecule has 5 N–H and O–H groups in total. The lowest BCUT2D eigenvalue weighted by Gasteiger charge is -2.39. The van der Waals surface area contributed by atoms with E-state index in [1.165, 1.54) is 6.21 Å². The smallest absolute Gasteiger partial charge is 0.277 e. The maximum Gasteiger partial charge on any atom is 0.277 e. The van der Waals surface area contributed by atoms with Gasteiger partial charge in [0.1, 0.15) is 35.9 Å². The second kappa shape index (κ2) is 10.8. The molecule has 1 aliphatic rings. The third-order valence-electron chi connectivity index (χ3n) is 4.50. The number of rotatable bonds is 8. The minimum atomic E-state index is -1.52. The largest absolute Gasteiger partial charge is 0.484 e. The van der Waals surface area contributed by atoms with Crippen LogP contribution < -0.4 is 14.9 Å². The predicted molar refractivity (Wildman–Crippen MR) is 109 cm³/mol. The molecule has 166 valence electrons. The number of hydrogen-bond donors (Lipinski definition) is 5. The van der Waals surface area contributed by atoms with E-state index in [4.69, 9.17) is 14.2 Å². The molecule has 1 saturated heterocycles. The lowest BCUT2D eigenvalue weighted by atomic mass is 9.99. The van der Waals surface area contributed by atoms with Gasteiger partial charge in [0.25, 0.3) is 5.91 Å². The number of amides is 1. The van der Waals surface area contributed by atoms with Crippen molar-refractivity contribution in [1.29, 1.82) is 0 Å². The van der Waals surface area contributed by atoms with Gasteiger partial charge in [-0.15, -0.1) is 0 Å². The molecule has 0 aromatic heterocycles. The highest BCUT2D eigenvalue weighted by Gasteiger charge is 2.44. The van der Waals surface area contributed by atoms with Gasteiger partial charge in [0, 0.05) is 0 Å². The summed E-state index contributed by atoms with van der Waals surface area (Å²) in [6, 6.07) is 15.4. The van der Waals surface area contributed by atoms with Crippen molar-refractivity contribution in [2.24, 2.45) is 5.10 Å². The lowest BCUT2D eigenvalue weighted by Crippen LogP contribution is -2.60. The molecule has 2 aromatic carbocycles.